The number of halogens is 1. The number of hydrogen-bond acceptors (Lipinski definition) is 2. The number of aryl methyl sites for hydroxylation is 1. The molecule has 1 unspecified atom stereocenters. The van der Waals surface area contributed by atoms with Crippen LogP contribution in [0.25, 0.3) is 0 Å². The molecule has 0 saturated carbocycles. The molecule has 3 nitrogen and oxygen atoms in total. The third-order valence-electron chi connectivity index (χ3n) is 4.94. The molecule has 1 amide bonds. The molecule has 138 valence electrons. The van der Waals surface area contributed by atoms with E-state index in [2.05, 4.69) is 0 Å². The summed E-state index contributed by atoms with van der Waals surface area (Å²) in [7, 11) is 0. The van der Waals surface area contributed by atoms with E-state index < -0.39 is 0 Å². The second-order valence-corrected chi connectivity index (χ2v) is 6.76. The van der Waals surface area contributed by atoms with Crippen molar-refractivity contribution in [3.63, 3.8) is 0 Å². The molecular weight excluding hydrogens is 329 g/mol. The summed E-state index contributed by atoms with van der Waals surface area (Å²) >= 11 is 0. The number of hydrogen-bond donors (Lipinski definition) is 0. The van der Waals surface area contributed by atoms with Crippen molar-refractivity contribution in [2.75, 3.05) is 13.2 Å². The van der Waals surface area contributed by atoms with Crippen LogP contribution in [0.15, 0.2) is 48.5 Å². The molecule has 2 aromatic carbocycles. The second kappa shape index (κ2) is 8.84. The van der Waals surface area contributed by atoms with Gasteiger partial charge in [-0.1, -0.05) is 30.3 Å². The lowest BCUT2D eigenvalue weighted by Gasteiger charge is -2.25. The number of carbonyl (C=O) groups is 1. The number of rotatable bonds is 7. The Labute approximate surface area is 154 Å². The Hall–Kier alpha value is -2.36. The molecule has 1 atom stereocenters. The Balaban J connectivity index is 1.60. The normalized spacial score (nSPS) is 16.7. The summed E-state index contributed by atoms with van der Waals surface area (Å²) < 4.78 is 19.1. The summed E-state index contributed by atoms with van der Waals surface area (Å²) in [6, 6.07) is 14.8. The lowest BCUT2D eigenvalue weighted by Crippen LogP contribution is -2.37. The van der Waals surface area contributed by atoms with Gasteiger partial charge in [-0.15, -0.1) is 0 Å². The molecule has 3 rings (SSSR count). The van der Waals surface area contributed by atoms with Gasteiger partial charge in [0.25, 0.3) is 0 Å². The number of benzene rings is 2. The Morgan fingerprint density at radius 2 is 2.08 bits per heavy atom. The van der Waals surface area contributed by atoms with E-state index in [1.165, 1.54) is 6.07 Å². The summed E-state index contributed by atoms with van der Waals surface area (Å²) in [6.45, 7) is 3.38. The van der Waals surface area contributed by atoms with Crippen molar-refractivity contribution in [2.24, 2.45) is 0 Å². The van der Waals surface area contributed by atoms with Crippen molar-refractivity contribution in [2.45, 2.75) is 45.1 Å². The summed E-state index contributed by atoms with van der Waals surface area (Å²) in [5, 5.41) is 0. The Bertz CT molecular complexity index is 746. The molecule has 0 bridgehead atoms. The number of ether oxygens (including phenoxy) is 1. The largest absolute Gasteiger partial charge is 0.494 e. The molecule has 0 aliphatic carbocycles. The van der Waals surface area contributed by atoms with Crippen molar-refractivity contribution in [1.82, 2.24) is 4.90 Å². The maximum Gasteiger partial charge on any atom is 0.223 e. The molecule has 26 heavy (non-hydrogen) atoms. The van der Waals surface area contributed by atoms with Crippen LogP contribution in [0.5, 0.6) is 5.75 Å². The minimum absolute atomic E-state index is 0.173. The molecule has 0 spiro atoms. The van der Waals surface area contributed by atoms with Crippen LogP contribution in [-0.2, 0) is 17.6 Å². The number of carbonyl (C=O) groups excluding carboxylic acids is 1. The highest BCUT2D eigenvalue weighted by atomic mass is 19.1. The van der Waals surface area contributed by atoms with Gasteiger partial charge in [-0.25, -0.2) is 4.39 Å². The third kappa shape index (κ3) is 4.63. The van der Waals surface area contributed by atoms with Gasteiger partial charge < -0.3 is 9.64 Å². The van der Waals surface area contributed by atoms with Crippen LogP contribution in [0.1, 0.15) is 37.3 Å². The van der Waals surface area contributed by atoms with Crippen LogP contribution >= 0.6 is 0 Å². The van der Waals surface area contributed by atoms with Crippen LogP contribution in [0.2, 0.25) is 0 Å². The zero-order valence-electron chi connectivity index (χ0n) is 15.3. The van der Waals surface area contributed by atoms with Gasteiger partial charge in [0, 0.05) is 19.0 Å². The monoisotopic (exact) mass is 355 g/mol. The first-order valence-corrected chi connectivity index (χ1v) is 9.42. The average molecular weight is 355 g/mol. The van der Waals surface area contributed by atoms with Gasteiger partial charge in [0.15, 0.2) is 0 Å². The second-order valence-electron chi connectivity index (χ2n) is 6.76. The number of para-hydroxylation sites is 1. The fourth-order valence-corrected chi connectivity index (χ4v) is 3.70. The molecule has 2 aromatic rings. The van der Waals surface area contributed by atoms with E-state index in [-0.39, 0.29) is 17.8 Å². The molecule has 1 aliphatic heterocycles. The molecule has 1 heterocycles. The van der Waals surface area contributed by atoms with Gasteiger partial charge >= 0.3 is 0 Å². The van der Waals surface area contributed by atoms with Gasteiger partial charge in [-0.2, -0.15) is 0 Å². The highest BCUT2D eigenvalue weighted by Crippen LogP contribution is 2.24. The summed E-state index contributed by atoms with van der Waals surface area (Å²) in [5.41, 5.74) is 2.03. The lowest BCUT2D eigenvalue weighted by molar-refractivity contribution is -0.131. The van der Waals surface area contributed by atoms with E-state index in [9.17, 15) is 9.18 Å². The Kier molecular flexibility index (Phi) is 6.26. The zero-order valence-corrected chi connectivity index (χ0v) is 15.3. The van der Waals surface area contributed by atoms with Gasteiger partial charge in [0.05, 0.1) is 6.61 Å². The van der Waals surface area contributed by atoms with Gasteiger partial charge in [-0.3, -0.25) is 4.79 Å². The number of nitrogens with zero attached hydrogens (tertiary/aromatic N) is 1. The van der Waals surface area contributed by atoms with Crippen LogP contribution in [0, 0.1) is 5.82 Å². The number of likely N-dealkylation sites (tertiary alicyclic amines) is 1. The van der Waals surface area contributed by atoms with Crippen LogP contribution < -0.4 is 4.74 Å². The van der Waals surface area contributed by atoms with Gasteiger partial charge in [-0.05, 0) is 61.9 Å². The summed E-state index contributed by atoms with van der Waals surface area (Å²) in [4.78, 5) is 14.7. The van der Waals surface area contributed by atoms with E-state index in [4.69, 9.17) is 4.74 Å². The van der Waals surface area contributed by atoms with Crippen molar-refractivity contribution < 1.29 is 13.9 Å². The van der Waals surface area contributed by atoms with Crippen LogP contribution in [0.3, 0.4) is 0 Å². The smallest absolute Gasteiger partial charge is 0.223 e. The number of amides is 1. The minimum Gasteiger partial charge on any atom is -0.494 e. The van der Waals surface area contributed by atoms with E-state index in [0.717, 1.165) is 42.7 Å². The predicted octanol–water partition coefficient (Wildman–Crippen LogP) is 4.39. The fourth-order valence-electron chi connectivity index (χ4n) is 3.70. The Morgan fingerprint density at radius 3 is 2.88 bits per heavy atom. The van der Waals surface area contributed by atoms with Crippen molar-refractivity contribution in [3.8, 4) is 5.75 Å². The van der Waals surface area contributed by atoms with E-state index in [1.807, 2.05) is 42.2 Å². The highest BCUT2D eigenvalue weighted by Gasteiger charge is 2.28. The third-order valence-corrected chi connectivity index (χ3v) is 4.94. The first-order chi connectivity index (χ1) is 12.7. The topological polar surface area (TPSA) is 29.5 Å². The van der Waals surface area contributed by atoms with Crippen molar-refractivity contribution in [1.29, 1.82) is 0 Å². The molecule has 4 heteroatoms. The highest BCUT2D eigenvalue weighted by molar-refractivity contribution is 5.77. The minimum atomic E-state index is -0.217. The molecular formula is C22H26FNO2. The first kappa shape index (κ1) is 18.4. The molecule has 0 radical (unpaired) electrons. The van der Waals surface area contributed by atoms with Crippen molar-refractivity contribution in [3.05, 3.63) is 65.5 Å². The molecule has 1 aliphatic rings. The predicted molar refractivity (Wildman–Crippen MR) is 101 cm³/mol. The zero-order chi connectivity index (χ0) is 18.4. The van der Waals surface area contributed by atoms with E-state index in [0.29, 0.717) is 19.4 Å². The maximum atomic E-state index is 13.4. The van der Waals surface area contributed by atoms with Gasteiger partial charge in [0.2, 0.25) is 5.91 Å². The lowest BCUT2D eigenvalue weighted by atomic mass is 10.0. The quantitative estimate of drug-likeness (QED) is 0.737. The fraction of sp³-hybridized carbons (Fsp3) is 0.409. The van der Waals surface area contributed by atoms with E-state index >= 15 is 0 Å². The van der Waals surface area contributed by atoms with E-state index in [1.54, 1.807) is 12.1 Å². The van der Waals surface area contributed by atoms with Gasteiger partial charge in [0.1, 0.15) is 11.6 Å². The standard InChI is InChI=1S/C22H26FNO2/c1-2-26-21-11-4-3-8-18(21)12-13-22(25)24-14-6-10-20(24)16-17-7-5-9-19(23)15-17/h3-5,7-9,11,15,20H,2,6,10,12-14,16H2,1H3. The maximum absolute atomic E-state index is 13.4. The molecule has 1 fully saturated rings. The molecule has 1 saturated heterocycles. The summed E-state index contributed by atoms with van der Waals surface area (Å²) in [6.07, 6.45) is 3.88. The SMILES string of the molecule is CCOc1ccccc1CCC(=O)N1CCCC1Cc1cccc(F)c1. The first-order valence-electron chi connectivity index (χ1n) is 9.42. The summed E-state index contributed by atoms with van der Waals surface area (Å²) in [5.74, 6) is 0.821. The molecule has 0 aromatic heterocycles. The average Bonchev–Trinajstić information content (AvgIpc) is 3.09. The molecule has 0 N–H and O–H groups in total. The Morgan fingerprint density at radius 1 is 1.23 bits per heavy atom. The van der Waals surface area contributed by atoms with Crippen molar-refractivity contribution >= 4 is 5.91 Å². The van der Waals surface area contributed by atoms with Crippen LogP contribution in [0.4, 0.5) is 4.39 Å². The van der Waals surface area contributed by atoms with Crippen LogP contribution in [-0.4, -0.2) is 30.0 Å².